The summed E-state index contributed by atoms with van der Waals surface area (Å²) in [6, 6.07) is -0.534. The summed E-state index contributed by atoms with van der Waals surface area (Å²) in [5.41, 5.74) is 0. The summed E-state index contributed by atoms with van der Waals surface area (Å²) in [7, 11) is 0. The number of aliphatic hydroxyl groups is 2. The van der Waals surface area contributed by atoms with Crippen LogP contribution in [0.15, 0.2) is 0 Å². The first-order chi connectivity index (χ1) is 10.5. The number of unbranched alkanes of at least 4 members (excludes halogenated alkanes) is 3. The van der Waals surface area contributed by atoms with E-state index in [4.69, 9.17) is 14.6 Å². The van der Waals surface area contributed by atoms with Crippen LogP contribution in [0.4, 0.5) is 0 Å². The third-order valence-electron chi connectivity index (χ3n) is 4.20. The van der Waals surface area contributed by atoms with Gasteiger partial charge >= 0.3 is 0 Å². The molecule has 1 aliphatic heterocycles. The van der Waals surface area contributed by atoms with E-state index in [1.54, 1.807) is 0 Å². The summed E-state index contributed by atoms with van der Waals surface area (Å²) < 4.78 is 11.7. The van der Waals surface area contributed by atoms with E-state index in [1.165, 1.54) is 6.92 Å². The van der Waals surface area contributed by atoms with Crippen molar-refractivity contribution in [2.75, 3.05) is 13.2 Å². The van der Waals surface area contributed by atoms with E-state index in [1.807, 2.05) is 13.8 Å². The number of hydrogen-bond acceptors (Lipinski definition) is 5. The normalized spacial score (nSPS) is 32.0. The molecule has 0 saturated carbocycles. The van der Waals surface area contributed by atoms with Crippen molar-refractivity contribution in [3.63, 3.8) is 0 Å². The van der Waals surface area contributed by atoms with Crippen LogP contribution in [0.1, 0.15) is 52.9 Å². The van der Waals surface area contributed by atoms with Gasteiger partial charge in [0.05, 0.1) is 12.2 Å². The highest BCUT2D eigenvalue weighted by molar-refractivity contribution is 5.73. The van der Waals surface area contributed by atoms with Gasteiger partial charge in [0.25, 0.3) is 0 Å². The maximum Gasteiger partial charge on any atom is 0.217 e. The lowest BCUT2D eigenvalue weighted by Gasteiger charge is -2.43. The molecule has 1 aliphatic rings. The van der Waals surface area contributed by atoms with E-state index in [0.29, 0.717) is 6.61 Å². The fourth-order valence-electron chi connectivity index (χ4n) is 2.85. The highest BCUT2D eigenvalue weighted by Crippen LogP contribution is 2.28. The fourth-order valence-corrected chi connectivity index (χ4v) is 2.85. The van der Waals surface area contributed by atoms with Gasteiger partial charge in [0.1, 0.15) is 6.04 Å². The van der Waals surface area contributed by atoms with E-state index in [0.717, 1.165) is 32.1 Å². The van der Waals surface area contributed by atoms with Crippen LogP contribution in [-0.2, 0) is 14.3 Å². The van der Waals surface area contributed by atoms with Crippen molar-refractivity contribution in [1.82, 2.24) is 5.32 Å². The molecule has 0 bridgehead atoms. The number of aliphatic hydroxyl groups excluding tert-OH is 2. The molecule has 3 N–H and O–H groups in total. The Hall–Kier alpha value is -0.690. The summed E-state index contributed by atoms with van der Waals surface area (Å²) >= 11 is 0. The Morgan fingerprint density at radius 1 is 1.27 bits per heavy atom. The molecule has 0 radical (unpaired) electrons. The number of carbonyl (C=O) groups is 1. The second kappa shape index (κ2) is 10.2. The first-order valence-corrected chi connectivity index (χ1v) is 8.34. The van der Waals surface area contributed by atoms with Crippen LogP contribution in [-0.4, -0.2) is 53.9 Å². The molecule has 1 saturated heterocycles. The van der Waals surface area contributed by atoms with Crippen molar-refractivity contribution >= 4 is 5.91 Å². The Kier molecular flexibility index (Phi) is 8.93. The molecule has 0 spiro atoms. The van der Waals surface area contributed by atoms with Crippen LogP contribution in [0, 0.1) is 5.92 Å². The van der Waals surface area contributed by atoms with Gasteiger partial charge in [0.2, 0.25) is 5.91 Å². The molecule has 1 fully saturated rings. The minimum atomic E-state index is -0.679. The second-order valence-electron chi connectivity index (χ2n) is 6.04. The lowest BCUT2D eigenvalue weighted by atomic mass is 9.88. The molecule has 0 aromatic heterocycles. The zero-order chi connectivity index (χ0) is 16.5. The number of nitrogens with one attached hydrogen (secondary N) is 1. The predicted molar refractivity (Wildman–Crippen MR) is 83.2 cm³/mol. The van der Waals surface area contributed by atoms with Crippen LogP contribution in [0.5, 0.6) is 0 Å². The average Bonchev–Trinajstić information content (AvgIpc) is 2.49. The molecule has 1 amide bonds. The van der Waals surface area contributed by atoms with Gasteiger partial charge in [-0.1, -0.05) is 26.7 Å². The maximum absolute atomic E-state index is 11.4. The third kappa shape index (κ3) is 5.83. The van der Waals surface area contributed by atoms with Crippen molar-refractivity contribution in [2.24, 2.45) is 5.92 Å². The van der Waals surface area contributed by atoms with Gasteiger partial charge in [-0.2, -0.15) is 0 Å². The molecule has 4 unspecified atom stereocenters. The summed E-state index contributed by atoms with van der Waals surface area (Å²) in [5, 5.41) is 21.9. The third-order valence-corrected chi connectivity index (χ3v) is 4.20. The average molecular weight is 317 g/mol. The molecule has 5 atom stereocenters. The molecule has 1 heterocycles. The van der Waals surface area contributed by atoms with Gasteiger partial charge in [0, 0.05) is 26.1 Å². The number of carbonyl (C=O) groups excluding carboxylic acids is 1. The van der Waals surface area contributed by atoms with Crippen molar-refractivity contribution in [3.8, 4) is 0 Å². The lowest BCUT2D eigenvalue weighted by molar-refractivity contribution is -0.249. The van der Waals surface area contributed by atoms with E-state index < -0.39 is 18.4 Å². The van der Waals surface area contributed by atoms with Gasteiger partial charge < -0.3 is 25.0 Å². The highest BCUT2D eigenvalue weighted by Gasteiger charge is 2.43. The Bertz CT molecular complexity index is 326. The highest BCUT2D eigenvalue weighted by atomic mass is 16.7. The first kappa shape index (κ1) is 19.4. The van der Waals surface area contributed by atoms with Crippen LogP contribution in [0.3, 0.4) is 0 Å². The second-order valence-corrected chi connectivity index (χ2v) is 6.04. The summed E-state index contributed by atoms with van der Waals surface area (Å²) in [6.07, 6.45) is 3.06. The number of rotatable bonds is 9. The van der Waals surface area contributed by atoms with E-state index in [9.17, 15) is 9.90 Å². The first-order valence-electron chi connectivity index (χ1n) is 8.34. The Labute approximate surface area is 133 Å². The quantitative estimate of drug-likeness (QED) is 0.556. The smallest absolute Gasteiger partial charge is 0.217 e. The topological polar surface area (TPSA) is 88.0 Å². The number of hydrogen-bond donors (Lipinski definition) is 3. The molecule has 22 heavy (non-hydrogen) atoms. The molecule has 130 valence electrons. The van der Waals surface area contributed by atoms with Crippen LogP contribution < -0.4 is 5.32 Å². The molecule has 6 heteroatoms. The monoisotopic (exact) mass is 317 g/mol. The lowest BCUT2D eigenvalue weighted by Crippen LogP contribution is -2.61. The van der Waals surface area contributed by atoms with Crippen LogP contribution in [0.25, 0.3) is 0 Å². The van der Waals surface area contributed by atoms with E-state index >= 15 is 0 Å². The molecule has 0 aromatic rings. The fraction of sp³-hybridized carbons (Fsp3) is 0.938. The minimum absolute atomic E-state index is 0.0498. The van der Waals surface area contributed by atoms with E-state index in [-0.39, 0.29) is 24.5 Å². The number of ether oxygens (including phenoxy) is 2. The van der Waals surface area contributed by atoms with Crippen molar-refractivity contribution in [1.29, 1.82) is 0 Å². The van der Waals surface area contributed by atoms with Crippen molar-refractivity contribution in [2.45, 2.75) is 77.4 Å². The summed E-state index contributed by atoms with van der Waals surface area (Å²) in [4.78, 5) is 11.4. The largest absolute Gasteiger partial charge is 0.396 e. The molecule has 1 rings (SSSR count). The van der Waals surface area contributed by atoms with E-state index in [2.05, 4.69) is 5.32 Å². The molecule has 0 aliphatic carbocycles. The Balaban J connectivity index is 2.52. The Morgan fingerprint density at radius 3 is 2.55 bits per heavy atom. The molecule has 6 nitrogen and oxygen atoms in total. The minimum Gasteiger partial charge on any atom is -0.396 e. The predicted octanol–water partition coefficient (Wildman–Crippen LogP) is 1.19. The van der Waals surface area contributed by atoms with Gasteiger partial charge in [-0.25, -0.2) is 0 Å². The zero-order valence-corrected chi connectivity index (χ0v) is 14.0. The summed E-state index contributed by atoms with van der Waals surface area (Å²) in [5.74, 6) is -0.252. The van der Waals surface area contributed by atoms with Crippen molar-refractivity contribution in [3.05, 3.63) is 0 Å². The maximum atomic E-state index is 11.4. The SMILES string of the molecule is CCC1OC(OCCCCCCO)[C@@H](NC(C)=O)C(O)C1C. The van der Waals surface area contributed by atoms with Crippen LogP contribution >= 0.6 is 0 Å². The van der Waals surface area contributed by atoms with Crippen molar-refractivity contribution < 1.29 is 24.5 Å². The standard InChI is InChI=1S/C16H31NO5/c1-4-13-11(2)15(20)14(17-12(3)19)16(22-13)21-10-8-6-5-7-9-18/h11,13-16,18,20H,4-10H2,1-3H3,(H,17,19)/t11?,13?,14-,15?,16?/m0/s1. The Morgan fingerprint density at radius 2 is 1.95 bits per heavy atom. The molecule has 0 aromatic carbocycles. The van der Waals surface area contributed by atoms with Gasteiger partial charge in [-0.3, -0.25) is 4.79 Å². The van der Waals surface area contributed by atoms with Gasteiger partial charge in [-0.05, 0) is 19.3 Å². The molecular formula is C16H31NO5. The molecular weight excluding hydrogens is 286 g/mol. The summed E-state index contributed by atoms with van der Waals surface area (Å²) in [6.45, 7) is 6.11. The van der Waals surface area contributed by atoms with Crippen LogP contribution in [0.2, 0.25) is 0 Å². The van der Waals surface area contributed by atoms with Gasteiger partial charge in [-0.15, -0.1) is 0 Å². The number of amides is 1. The van der Waals surface area contributed by atoms with Gasteiger partial charge in [0.15, 0.2) is 6.29 Å². The zero-order valence-electron chi connectivity index (χ0n) is 14.0.